The summed E-state index contributed by atoms with van der Waals surface area (Å²) in [5, 5.41) is -0.984. The highest BCUT2D eigenvalue weighted by Gasteiger charge is 2.28. The molecule has 1 aliphatic rings. The molecule has 5 nitrogen and oxygen atoms in total. The van der Waals surface area contributed by atoms with E-state index in [2.05, 4.69) is 0 Å². The van der Waals surface area contributed by atoms with Crippen molar-refractivity contribution >= 4 is 39.1 Å². The molecule has 1 aliphatic carbocycles. The van der Waals surface area contributed by atoms with Crippen molar-refractivity contribution in [2.45, 2.75) is 37.4 Å². The number of carbonyl (C=O) groups is 1. The minimum Gasteiger partial charge on any atom is -0.274 e. The fraction of sp³-hybridized carbons (Fsp3) is 0.462. The summed E-state index contributed by atoms with van der Waals surface area (Å²) in [7, 11) is -3.70. The molecule has 0 saturated heterocycles. The number of benzene rings is 1. The van der Waals surface area contributed by atoms with Crippen LogP contribution in [-0.4, -0.2) is 19.6 Å². The first-order valence-corrected chi connectivity index (χ1v) is 9.07. The lowest BCUT2D eigenvalue weighted by atomic mass is 10.0. The lowest BCUT2D eigenvalue weighted by molar-refractivity contribution is 0.0941. The molecular weight excluding hydrogens is 354 g/mol. The third-order valence-corrected chi connectivity index (χ3v) is 5.91. The molecule has 0 atom stereocenters. The molecule has 0 unspecified atom stereocenters. The zero-order valence-corrected chi connectivity index (χ0v) is 13.9. The lowest BCUT2D eigenvalue weighted by Gasteiger charge is -2.22. The van der Waals surface area contributed by atoms with Gasteiger partial charge in [0.15, 0.2) is 5.82 Å². The molecule has 1 fully saturated rings. The van der Waals surface area contributed by atoms with Gasteiger partial charge >= 0.3 is 0 Å². The van der Waals surface area contributed by atoms with Gasteiger partial charge in [0.05, 0.1) is 20.9 Å². The maximum absolute atomic E-state index is 13.8. The number of amides is 1. The van der Waals surface area contributed by atoms with Crippen molar-refractivity contribution in [2.75, 3.05) is 0 Å². The summed E-state index contributed by atoms with van der Waals surface area (Å²) in [6, 6.07) is 2.47. The van der Waals surface area contributed by atoms with Gasteiger partial charge in [-0.25, -0.2) is 12.8 Å². The molecule has 9 heteroatoms. The van der Waals surface area contributed by atoms with Crippen LogP contribution in [0.2, 0.25) is 10.0 Å². The lowest BCUT2D eigenvalue weighted by Crippen LogP contribution is -2.46. The van der Waals surface area contributed by atoms with Crippen LogP contribution < -0.4 is 10.3 Å². The van der Waals surface area contributed by atoms with Gasteiger partial charge in [-0.05, 0) is 25.0 Å². The van der Waals surface area contributed by atoms with Gasteiger partial charge in [-0.2, -0.15) is 0 Å². The SMILES string of the molecule is O=C(NNS(=O)(=O)C1CCCCC1)c1c(Cl)ccc(Cl)c1F. The maximum atomic E-state index is 13.8. The Balaban J connectivity index is 2.08. The first kappa shape index (κ1) is 17.5. The second kappa shape index (κ2) is 7.12. The van der Waals surface area contributed by atoms with Crippen molar-refractivity contribution in [3.63, 3.8) is 0 Å². The number of rotatable bonds is 4. The zero-order valence-electron chi connectivity index (χ0n) is 11.5. The Morgan fingerprint density at radius 2 is 1.73 bits per heavy atom. The number of hydrazine groups is 1. The van der Waals surface area contributed by atoms with E-state index in [1.54, 1.807) is 0 Å². The van der Waals surface area contributed by atoms with Crippen LogP contribution in [0.4, 0.5) is 4.39 Å². The number of halogens is 3. The Bertz CT molecular complexity index is 676. The average molecular weight is 369 g/mol. The molecule has 22 heavy (non-hydrogen) atoms. The van der Waals surface area contributed by atoms with Crippen molar-refractivity contribution in [1.82, 2.24) is 10.3 Å². The molecule has 0 spiro atoms. The van der Waals surface area contributed by atoms with E-state index in [9.17, 15) is 17.6 Å². The average Bonchev–Trinajstić information content (AvgIpc) is 2.50. The molecule has 0 heterocycles. The van der Waals surface area contributed by atoms with Crippen LogP contribution in [-0.2, 0) is 10.0 Å². The van der Waals surface area contributed by atoms with Gasteiger partial charge in [0, 0.05) is 0 Å². The summed E-state index contributed by atoms with van der Waals surface area (Å²) in [5.41, 5.74) is 1.49. The summed E-state index contributed by atoms with van der Waals surface area (Å²) in [4.78, 5) is 14.0. The molecule has 1 aromatic carbocycles. The van der Waals surface area contributed by atoms with Gasteiger partial charge in [-0.3, -0.25) is 10.2 Å². The minimum absolute atomic E-state index is 0.156. The minimum atomic E-state index is -3.70. The van der Waals surface area contributed by atoms with E-state index in [0.29, 0.717) is 12.8 Å². The maximum Gasteiger partial charge on any atom is 0.270 e. The van der Waals surface area contributed by atoms with Crippen LogP contribution in [0, 0.1) is 5.82 Å². The molecule has 0 aromatic heterocycles. The predicted octanol–water partition coefficient (Wildman–Crippen LogP) is 3.03. The van der Waals surface area contributed by atoms with Crippen molar-refractivity contribution in [2.24, 2.45) is 0 Å². The van der Waals surface area contributed by atoms with Crippen molar-refractivity contribution in [3.05, 3.63) is 33.6 Å². The highest BCUT2D eigenvalue weighted by Crippen LogP contribution is 2.26. The summed E-state index contributed by atoms with van der Waals surface area (Å²) in [5.74, 6) is -1.99. The topological polar surface area (TPSA) is 75.3 Å². The van der Waals surface area contributed by atoms with E-state index in [1.165, 1.54) is 12.1 Å². The van der Waals surface area contributed by atoms with E-state index in [0.717, 1.165) is 19.3 Å². The number of sulfonamides is 1. The molecule has 1 aromatic rings. The Kier molecular flexibility index (Phi) is 5.65. The molecule has 0 aliphatic heterocycles. The summed E-state index contributed by atoms with van der Waals surface area (Å²) in [6.45, 7) is 0. The van der Waals surface area contributed by atoms with E-state index >= 15 is 0 Å². The highest BCUT2D eigenvalue weighted by atomic mass is 35.5. The van der Waals surface area contributed by atoms with Crippen LogP contribution in [0.3, 0.4) is 0 Å². The quantitative estimate of drug-likeness (QED) is 0.633. The molecule has 1 saturated carbocycles. The number of nitrogens with one attached hydrogen (secondary N) is 2. The third-order valence-electron chi connectivity index (χ3n) is 3.57. The smallest absolute Gasteiger partial charge is 0.270 e. The Morgan fingerprint density at radius 1 is 1.14 bits per heavy atom. The fourth-order valence-electron chi connectivity index (χ4n) is 2.37. The van der Waals surface area contributed by atoms with Crippen molar-refractivity contribution < 1.29 is 17.6 Å². The van der Waals surface area contributed by atoms with Crippen LogP contribution in [0.1, 0.15) is 42.5 Å². The van der Waals surface area contributed by atoms with Crippen LogP contribution in [0.15, 0.2) is 12.1 Å². The van der Waals surface area contributed by atoms with Gasteiger partial charge in [-0.15, -0.1) is 4.83 Å². The van der Waals surface area contributed by atoms with Gasteiger partial charge in [0.25, 0.3) is 5.91 Å². The summed E-state index contributed by atoms with van der Waals surface area (Å²) in [6.07, 6.45) is 3.74. The van der Waals surface area contributed by atoms with E-state index in [-0.39, 0.29) is 10.0 Å². The monoisotopic (exact) mass is 368 g/mol. The van der Waals surface area contributed by atoms with Gasteiger partial charge in [-0.1, -0.05) is 42.5 Å². The normalized spacial score (nSPS) is 16.5. The fourth-order valence-corrected chi connectivity index (χ4v) is 4.12. The largest absolute Gasteiger partial charge is 0.274 e. The zero-order chi connectivity index (χ0) is 16.3. The van der Waals surface area contributed by atoms with Gasteiger partial charge in [0.1, 0.15) is 0 Å². The van der Waals surface area contributed by atoms with E-state index < -0.39 is 32.6 Å². The Morgan fingerprint density at radius 3 is 2.36 bits per heavy atom. The van der Waals surface area contributed by atoms with E-state index in [1.807, 2.05) is 10.3 Å². The predicted molar refractivity (Wildman–Crippen MR) is 82.8 cm³/mol. The molecule has 2 rings (SSSR count). The second-order valence-corrected chi connectivity index (χ2v) is 7.85. The summed E-state index contributed by atoms with van der Waals surface area (Å²) >= 11 is 11.3. The molecule has 122 valence electrons. The van der Waals surface area contributed by atoms with Crippen molar-refractivity contribution in [3.8, 4) is 0 Å². The molecule has 1 amide bonds. The van der Waals surface area contributed by atoms with Crippen LogP contribution >= 0.6 is 23.2 Å². The second-order valence-electron chi connectivity index (χ2n) is 5.08. The van der Waals surface area contributed by atoms with E-state index in [4.69, 9.17) is 23.2 Å². The third kappa shape index (κ3) is 3.90. The van der Waals surface area contributed by atoms with Crippen LogP contribution in [0.25, 0.3) is 0 Å². The standard InChI is InChI=1S/C13H15Cl2FN2O3S/c14-9-6-7-10(15)12(16)11(9)13(19)17-18-22(20,21)8-4-2-1-3-5-8/h6-8,18H,1-5H2,(H,17,19). The first-order chi connectivity index (χ1) is 10.3. The molecule has 0 bridgehead atoms. The number of hydrogen-bond donors (Lipinski definition) is 2. The Hall–Kier alpha value is -0.890. The van der Waals surface area contributed by atoms with Gasteiger partial charge < -0.3 is 0 Å². The number of carbonyl (C=O) groups excluding carboxylic acids is 1. The van der Waals surface area contributed by atoms with Gasteiger partial charge in [0.2, 0.25) is 10.0 Å². The highest BCUT2D eigenvalue weighted by molar-refractivity contribution is 7.90. The number of hydrogen-bond acceptors (Lipinski definition) is 3. The molecule has 0 radical (unpaired) electrons. The molecule has 2 N–H and O–H groups in total. The first-order valence-electron chi connectivity index (χ1n) is 6.77. The molecular formula is C13H15Cl2FN2O3S. The van der Waals surface area contributed by atoms with Crippen molar-refractivity contribution in [1.29, 1.82) is 0 Å². The summed E-state index contributed by atoms with van der Waals surface area (Å²) < 4.78 is 38.0. The van der Waals surface area contributed by atoms with Crippen LogP contribution in [0.5, 0.6) is 0 Å². The Labute approximate surface area is 138 Å².